The Balaban J connectivity index is 0.00000361. The maximum absolute atomic E-state index is 11.8. The molecule has 1 rings (SSSR count). The Labute approximate surface area is 128 Å². The number of nitrogens with two attached hydrogens (primary N) is 1. The number of nitrogens with one attached hydrogen (secondary N) is 1. The molecule has 114 valence electrons. The molecule has 20 heavy (non-hydrogen) atoms. The topological polar surface area (TPSA) is 55.1 Å². The van der Waals surface area contributed by atoms with Crippen molar-refractivity contribution in [1.82, 2.24) is 5.32 Å². The van der Waals surface area contributed by atoms with Crippen LogP contribution in [-0.4, -0.2) is 18.0 Å². The van der Waals surface area contributed by atoms with E-state index in [4.69, 9.17) is 5.73 Å². The molecule has 0 bridgehead atoms. The summed E-state index contributed by atoms with van der Waals surface area (Å²) in [6.07, 6.45) is 3.06. The Kier molecular flexibility index (Phi) is 8.51. The molecule has 0 aliphatic rings. The Morgan fingerprint density at radius 1 is 1.30 bits per heavy atom. The minimum absolute atomic E-state index is 0. The SMILES string of the molecule is CCC(N)(CC)CNC(=O)CCc1cccc(C)c1.Cl. The third-order valence-corrected chi connectivity index (χ3v) is 3.77. The maximum atomic E-state index is 11.8. The van der Waals surface area contributed by atoms with Crippen LogP contribution in [0.3, 0.4) is 0 Å². The first-order valence-electron chi connectivity index (χ1n) is 7.10. The molecule has 3 N–H and O–H groups in total. The highest BCUT2D eigenvalue weighted by Gasteiger charge is 2.20. The van der Waals surface area contributed by atoms with E-state index in [1.165, 1.54) is 11.1 Å². The van der Waals surface area contributed by atoms with Crippen molar-refractivity contribution < 1.29 is 4.79 Å². The molecule has 0 aliphatic heterocycles. The van der Waals surface area contributed by atoms with Gasteiger partial charge in [-0.3, -0.25) is 4.79 Å². The zero-order valence-corrected chi connectivity index (χ0v) is 13.6. The number of hydrogen-bond donors (Lipinski definition) is 2. The van der Waals surface area contributed by atoms with Gasteiger partial charge in [-0.1, -0.05) is 43.7 Å². The molecule has 0 radical (unpaired) electrons. The molecule has 1 aromatic rings. The summed E-state index contributed by atoms with van der Waals surface area (Å²) in [5, 5.41) is 2.95. The molecule has 0 heterocycles. The van der Waals surface area contributed by atoms with E-state index in [1.807, 2.05) is 6.07 Å². The lowest BCUT2D eigenvalue weighted by Gasteiger charge is -2.26. The summed E-state index contributed by atoms with van der Waals surface area (Å²) in [5.74, 6) is 0.0817. The second kappa shape index (κ2) is 8.98. The van der Waals surface area contributed by atoms with Gasteiger partial charge in [0.2, 0.25) is 5.91 Å². The van der Waals surface area contributed by atoms with Gasteiger partial charge in [0.05, 0.1) is 0 Å². The minimum atomic E-state index is -0.265. The van der Waals surface area contributed by atoms with Crippen LogP contribution >= 0.6 is 12.4 Å². The number of benzene rings is 1. The molecule has 3 nitrogen and oxygen atoms in total. The fraction of sp³-hybridized carbons (Fsp3) is 0.562. The van der Waals surface area contributed by atoms with Gasteiger partial charge in [0.25, 0.3) is 0 Å². The summed E-state index contributed by atoms with van der Waals surface area (Å²) >= 11 is 0. The molecule has 0 aliphatic carbocycles. The zero-order valence-electron chi connectivity index (χ0n) is 12.7. The van der Waals surface area contributed by atoms with Gasteiger partial charge in [0, 0.05) is 18.5 Å². The van der Waals surface area contributed by atoms with E-state index in [9.17, 15) is 4.79 Å². The van der Waals surface area contributed by atoms with Gasteiger partial charge < -0.3 is 11.1 Å². The zero-order chi connectivity index (χ0) is 14.3. The summed E-state index contributed by atoms with van der Waals surface area (Å²) in [6.45, 7) is 6.74. The van der Waals surface area contributed by atoms with Crippen molar-refractivity contribution in [2.24, 2.45) is 5.73 Å². The van der Waals surface area contributed by atoms with E-state index in [-0.39, 0.29) is 23.9 Å². The van der Waals surface area contributed by atoms with Crippen LogP contribution in [0.15, 0.2) is 24.3 Å². The van der Waals surface area contributed by atoms with Crippen LogP contribution in [0.5, 0.6) is 0 Å². The predicted molar refractivity (Wildman–Crippen MR) is 87.3 cm³/mol. The Bertz CT molecular complexity index is 417. The molecule has 0 aromatic heterocycles. The fourth-order valence-corrected chi connectivity index (χ4v) is 1.99. The molecule has 0 spiro atoms. The standard InChI is InChI=1S/C16H26N2O.ClH/c1-4-16(17,5-2)12-18-15(19)10-9-14-8-6-7-13(3)11-14;/h6-8,11H,4-5,9-10,12,17H2,1-3H3,(H,18,19);1H. The summed E-state index contributed by atoms with van der Waals surface area (Å²) in [5.41, 5.74) is 8.33. The summed E-state index contributed by atoms with van der Waals surface area (Å²) in [6, 6.07) is 8.28. The Hall–Kier alpha value is -1.06. The van der Waals surface area contributed by atoms with Crippen molar-refractivity contribution in [3.8, 4) is 0 Å². The van der Waals surface area contributed by atoms with Crippen LogP contribution in [0.1, 0.15) is 44.2 Å². The molecule has 1 aromatic carbocycles. The van der Waals surface area contributed by atoms with Crippen molar-refractivity contribution >= 4 is 18.3 Å². The number of amides is 1. The molecule has 0 atom stereocenters. The highest BCUT2D eigenvalue weighted by molar-refractivity contribution is 5.85. The number of hydrogen-bond acceptors (Lipinski definition) is 2. The second-order valence-electron chi connectivity index (χ2n) is 5.34. The molecule has 0 unspecified atom stereocenters. The first kappa shape index (κ1) is 18.9. The van der Waals surface area contributed by atoms with E-state index < -0.39 is 0 Å². The molecular weight excluding hydrogens is 272 g/mol. The van der Waals surface area contributed by atoms with Crippen LogP contribution in [-0.2, 0) is 11.2 Å². The smallest absolute Gasteiger partial charge is 0.220 e. The van der Waals surface area contributed by atoms with Crippen molar-refractivity contribution in [1.29, 1.82) is 0 Å². The van der Waals surface area contributed by atoms with Crippen LogP contribution in [0.25, 0.3) is 0 Å². The maximum Gasteiger partial charge on any atom is 0.220 e. The molecular formula is C16H27ClN2O. The van der Waals surface area contributed by atoms with Gasteiger partial charge in [0.15, 0.2) is 0 Å². The average Bonchev–Trinajstić information content (AvgIpc) is 2.42. The third-order valence-electron chi connectivity index (χ3n) is 3.77. The van der Waals surface area contributed by atoms with Crippen molar-refractivity contribution in [3.05, 3.63) is 35.4 Å². The van der Waals surface area contributed by atoms with Crippen molar-refractivity contribution in [3.63, 3.8) is 0 Å². The molecule has 1 amide bonds. The van der Waals surface area contributed by atoms with Crippen LogP contribution < -0.4 is 11.1 Å². The van der Waals surface area contributed by atoms with E-state index in [1.54, 1.807) is 0 Å². The van der Waals surface area contributed by atoms with Crippen LogP contribution in [0.2, 0.25) is 0 Å². The van der Waals surface area contributed by atoms with E-state index in [0.717, 1.165) is 19.3 Å². The average molecular weight is 299 g/mol. The van der Waals surface area contributed by atoms with Gasteiger partial charge in [-0.15, -0.1) is 12.4 Å². The Morgan fingerprint density at radius 3 is 2.50 bits per heavy atom. The highest BCUT2D eigenvalue weighted by atomic mass is 35.5. The first-order valence-corrected chi connectivity index (χ1v) is 7.10. The normalized spacial score (nSPS) is 10.8. The quantitative estimate of drug-likeness (QED) is 0.813. The van der Waals surface area contributed by atoms with E-state index in [0.29, 0.717) is 13.0 Å². The van der Waals surface area contributed by atoms with Crippen molar-refractivity contribution in [2.45, 2.75) is 52.0 Å². The minimum Gasteiger partial charge on any atom is -0.354 e. The number of carbonyl (C=O) groups excluding carboxylic acids is 1. The highest BCUT2D eigenvalue weighted by Crippen LogP contribution is 2.10. The van der Waals surface area contributed by atoms with Crippen LogP contribution in [0, 0.1) is 6.92 Å². The molecule has 0 fully saturated rings. The summed E-state index contributed by atoms with van der Waals surface area (Å²) in [7, 11) is 0. The van der Waals surface area contributed by atoms with Crippen LogP contribution in [0.4, 0.5) is 0 Å². The predicted octanol–water partition coefficient (Wildman–Crippen LogP) is 2.98. The summed E-state index contributed by atoms with van der Waals surface area (Å²) in [4.78, 5) is 11.8. The van der Waals surface area contributed by atoms with Gasteiger partial charge in [-0.05, 0) is 31.7 Å². The Morgan fingerprint density at radius 2 is 1.95 bits per heavy atom. The lowest BCUT2D eigenvalue weighted by Crippen LogP contribution is -2.49. The number of aryl methyl sites for hydroxylation is 2. The van der Waals surface area contributed by atoms with Gasteiger partial charge in [-0.25, -0.2) is 0 Å². The largest absolute Gasteiger partial charge is 0.354 e. The number of halogens is 1. The third kappa shape index (κ3) is 6.40. The molecule has 0 saturated heterocycles. The summed E-state index contributed by atoms with van der Waals surface area (Å²) < 4.78 is 0. The van der Waals surface area contributed by atoms with E-state index in [2.05, 4.69) is 44.3 Å². The monoisotopic (exact) mass is 298 g/mol. The van der Waals surface area contributed by atoms with Crippen molar-refractivity contribution in [2.75, 3.05) is 6.54 Å². The van der Waals surface area contributed by atoms with Gasteiger partial charge in [-0.2, -0.15) is 0 Å². The molecule has 4 heteroatoms. The fourth-order valence-electron chi connectivity index (χ4n) is 1.99. The number of rotatable bonds is 7. The van der Waals surface area contributed by atoms with E-state index >= 15 is 0 Å². The van der Waals surface area contributed by atoms with Gasteiger partial charge in [0.1, 0.15) is 0 Å². The lowest BCUT2D eigenvalue weighted by molar-refractivity contribution is -0.121. The molecule has 0 saturated carbocycles. The van der Waals surface area contributed by atoms with Gasteiger partial charge >= 0.3 is 0 Å². The second-order valence-corrected chi connectivity index (χ2v) is 5.34. The number of carbonyl (C=O) groups is 1. The first-order chi connectivity index (χ1) is 8.99. The lowest BCUT2D eigenvalue weighted by atomic mass is 9.94.